The number of rotatable bonds is 2. The molecule has 0 heterocycles. The Labute approximate surface area is 110 Å². The standard InChI is InChI=1S/C14H9Cl2N/c15-14(16,12-7-2-1-3-8-12)13-9-5-4-6-11(13)10-17/h1-9H. The number of hydrogen-bond donors (Lipinski definition) is 0. The summed E-state index contributed by atoms with van der Waals surface area (Å²) in [5.74, 6) is 0. The summed E-state index contributed by atoms with van der Waals surface area (Å²) in [6.45, 7) is 0. The maximum absolute atomic E-state index is 9.06. The second kappa shape index (κ2) is 4.79. The van der Waals surface area contributed by atoms with Gasteiger partial charge in [0.2, 0.25) is 0 Å². The van der Waals surface area contributed by atoms with Crippen LogP contribution in [-0.4, -0.2) is 0 Å². The van der Waals surface area contributed by atoms with E-state index < -0.39 is 4.33 Å². The van der Waals surface area contributed by atoms with Crippen LogP contribution in [0.5, 0.6) is 0 Å². The average molecular weight is 262 g/mol. The number of halogens is 2. The van der Waals surface area contributed by atoms with Crippen LogP contribution in [0.25, 0.3) is 0 Å². The van der Waals surface area contributed by atoms with Crippen molar-refractivity contribution in [2.24, 2.45) is 0 Å². The van der Waals surface area contributed by atoms with Gasteiger partial charge in [-0.3, -0.25) is 0 Å². The number of alkyl halides is 2. The van der Waals surface area contributed by atoms with E-state index in [1.165, 1.54) is 0 Å². The molecule has 0 spiro atoms. The van der Waals surface area contributed by atoms with Crippen molar-refractivity contribution in [1.82, 2.24) is 0 Å². The number of hydrogen-bond acceptors (Lipinski definition) is 1. The fourth-order valence-electron chi connectivity index (χ4n) is 1.66. The van der Waals surface area contributed by atoms with Gasteiger partial charge in [0, 0.05) is 5.56 Å². The molecule has 0 aromatic heterocycles. The molecule has 0 aliphatic carbocycles. The van der Waals surface area contributed by atoms with Crippen molar-refractivity contribution in [1.29, 1.82) is 5.26 Å². The Bertz CT molecular complexity index is 556. The Morgan fingerprint density at radius 3 is 2.12 bits per heavy atom. The van der Waals surface area contributed by atoms with Gasteiger partial charge < -0.3 is 0 Å². The molecule has 0 aliphatic heterocycles. The van der Waals surface area contributed by atoms with Gasteiger partial charge in [-0.2, -0.15) is 5.26 Å². The van der Waals surface area contributed by atoms with Crippen LogP contribution in [0, 0.1) is 11.3 Å². The van der Waals surface area contributed by atoms with E-state index in [0.717, 1.165) is 5.56 Å². The largest absolute Gasteiger partial charge is 0.192 e. The molecule has 0 saturated heterocycles. The first-order valence-electron chi connectivity index (χ1n) is 5.09. The van der Waals surface area contributed by atoms with Gasteiger partial charge in [-0.15, -0.1) is 0 Å². The van der Waals surface area contributed by atoms with Crippen LogP contribution in [0.4, 0.5) is 0 Å². The van der Waals surface area contributed by atoms with E-state index in [0.29, 0.717) is 11.1 Å². The third-order valence-corrected chi connectivity index (χ3v) is 3.37. The summed E-state index contributed by atoms with van der Waals surface area (Å²) in [4.78, 5) is 0. The summed E-state index contributed by atoms with van der Waals surface area (Å²) in [7, 11) is 0. The number of benzene rings is 2. The molecule has 0 aliphatic rings. The van der Waals surface area contributed by atoms with Gasteiger partial charge in [0.25, 0.3) is 0 Å². The fourth-order valence-corrected chi connectivity index (χ4v) is 2.24. The van der Waals surface area contributed by atoms with Crippen LogP contribution in [0.2, 0.25) is 0 Å². The highest BCUT2D eigenvalue weighted by molar-refractivity contribution is 6.50. The van der Waals surface area contributed by atoms with Crippen molar-refractivity contribution in [3.63, 3.8) is 0 Å². The summed E-state index contributed by atoms with van der Waals surface area (Å²) in [6.07, 6.45) is 0. The maximum atomic E-state index is 9.06. The molecule has 84 valence electrons. The molecule has 0 saturated carbocycles. The molecule has 0 amide bonds. The molecule has 17 heavy (non-hydrogen) atoms. The summed E-state index contributed by atoms with van der Waals surface area (Å²) in [6, 6.07) is 18.5. The molecule has 2 aromatic carbocycles. The smallest absolute Gasteiger partial charge is 0.169 e. The Morgan fingerprint density at radius 2 is 1.47 bits per heavy atom. The van der Waals surface area contributed by atoms with E-state index in [1.54, 1.807) is 18.2 Å². The first-order chi connectivity index (χ1) is 8.16. The van der Waals surface area contributed by atoms with Crippen molar-refractivity contribution in [2.75, 3.05) is 0 Å². The highest BCUT2D eigenvalue weighted by atomic mass is 35.5. The maximum Gasteiger partial charge on any atom is 0.169 e. The number of nitrogens with zero attached hydrogens (tertiary/aromatic N) is 1. The van der Waals surface area contributed by atoms with Crippen molar-refractivity contribution >= 4 is 23.2 Å². The molecule has 0 radical (unpaired) electrons. The summed E-state index contributed by atoms with van der Waals surface area (Å²) >= 11 is 12.8. The summed E-state index contributed by atoms with van der Waals surface area (Å²) in [5, 5.41) is 9.06. The second-order valence-electron chi connectivity index (χ2n) is 3.60. The van der Waals surface area contributed by atoms with Crippen LogP contribution in [0.1, 0.15) is 16.7 Å². The lowest BCUT2D eigenvalue weighted by Gasteiger charge is -2.21. The van der Waals surface area contributed by atoms with Crippen LogP contribution in [-0.2, 0) is 4.33 Å². The zero-order valence-corrected chi connectivity index (χ0v) is 10.4. The van der Waals surface area contributed by atoms with Gasteiger partial charge in [0.15, 0.2) is 4.33 Å². The Balaban J connectivity index is 2.56. The quantitative estimate of drug-likeness (QED) is 0.742. The van der Waals surface area contributed by atoms with Gasteiger partial charge in [0.1, 0.15) is 0 Å². The predicted octanol–water partition coefficient (Wildman–Crippen LogP) is 4.24. The second-order valence-corrected chi connectivity index (χ2v) is 4.93. The van der Waals surface area contributed by atoms with Crippen LogP contribution in [0.15, 0.2) is 54.6 Å². The van der Waals surface area contributed by atoms with Gasteiger partial charge >= 0.3 is 0 Å². The van der Waals surface area contributed by atoms with E-state index in [-0.39, 0.29) is 0 Å². The van der Waals surface area contributed by atoms with E-state index in [1.807, 2.05) is 36.4 Å². The molecule has 2 aromatic rings. The zero-order chi connectivity index (χ0) is 12.3. The SMILES string of the molecule is N#Cc1ccccc1C(Cl)(Cl)c1ccccc1. The Kier molecular flexibility index (Phi) is 3.38. The van der Waals surface area contributed by atoms with Crippen LogP contribution in [0.3, 0.4) is 0 Å². The van der Waals surface area contributed by atoms with Crippen molar-refractivity contribution in [3.8, 4) is 6.07 Å². The molecular formula is C14H9Cl2N. The highest BCUT2D eigenvalue weighted by Crippen LogP contribution is 2.41. The molecule has 0 fully saturated rings. The lowest BCUT2D eigenvalue weighted by molar-refractivity contribution is 1.03. The highest BCUT2D eigenvalue weighted by Gasteiger charge is 2.31. The summed E-state index contributed by atoms with van der Waals surface area (Å²) < 4.78 is -1.20. The van der Waals surface area contributed by atoms with Crippen molar-refractivity contribution in [2.45, 2.75) is 4.33 Å². The third kappa shape index (κ3) is 2.29. The van der Waals surface area contributed by atoms with Crippen molar-refractivity contribution in [3.05, 3.63) is 71.3 Å². The van der Waals surface area contributed by atoms with Crippen molar-refractivity contribution < 1.29 is 0 Å². The van der Waals surface area contributed by atoms with E-state index in [9.17, 15) is 0 Å². The summed E-state index contributed by atoms with van der Waals surface area (Å²) in [5.41, 5.74) is 1.85. The van der Waals surface area contributed by atoms with Crippen LogP contribution >= 0.6 is 23.2 Å². The topological polar surface area (TPSA) is 23.8 Å². The third-order valence-electron chi connectivity index (χ3n) is 2.52. The van der Waals surface area contributed by atoms with Gasteiger partial charge in [0.05, 0.1) is 11.6 Å². The van der Waals surface area contributed by atoms with E-state index in [4.69, 9.17) is 28.5 Å². The molecule has 1 nitrogen and oxygen atoms in total. The Morgan fingerprint density at radius 1 is 0.882 bits per heavy atom. The molecule has 0 unspecified atom stereocenters. The first kappa shape index (κ1) is 12.0. The monoisotopic (exact) mass is 261 g/mol. The first-order valence-corrected chi connectivity index (χ1v) is 5.85. The normalized spacial score (nSPS) is 10.9. The average Bonchev–Trinajstić information content (AvgIpc) is 2.39. The minimum Gasteiger partial charge on any atom is -0.192 e. The molecular weight excluding hydrogens is 253 g/mol. The lowest BCUT2D eigenvalue weighted by Crippen LogP contribution is -2.13. The minimum absolute atomic E-state index is 0.487. The van der Waals surface area contributed by atoms with E-state index >= 15 is 0 Å². The lowest BCUT2D eigenvalue weighted by atomic mass is 9.99. The molecule has 3 heteroatoms. The van der Waals surface area contributed by atoms with Gasteiger partial charge in [-0.05, 0) is 11.6 Å². The van der Waals surface area contributed by atoms with Gasteiger partial charge in [-0.1, -0.05) is 71.7 Å². The fraction of sp³-hybridized carbons (Fsp3) is 0.0714. The van der Waals surface area contributed by atoms with Crippen LogP contribution < -0.4 is 0 Å². The molecule has 2 rings (SSSR count). The van der Waals surface area contributed by atoms with Gasteiger partial charge in [-0.25, -0.2) is 0 Å². The minimum atomic E-state index is -1.20. The Hall–Kier alpha value is -1.49. The zero-order valence-electron chi connectivity index (χ0n) is 8.90. The van der Waals surface area contributed by atoms with E-state index in [2.05, 4.69) is 6.07 Å². The predicted molar refractivity (Wildman–Crippen MR) is 70.1 cm³/mol. The molecule has 0 N–H and O–H groups in total. The molecule has 0 atom stereocenters. The molecule has 0 bridgehead atoms. The number of nitriles is 1.